The average Bonchev–Trinajstić information content (AvgIpc) is 1.96. The third-order valence-corrected chi connectivity index (χ3v) is 3.20. The van der Waals surface area contributed by atoms with Gasteiger partial charge in [-0.2, -0.15) is 4.79 Å². The lowest BCUT2D eigenvalue weighted by molar-refractivity contribution is -0.281. The van der Waals surface area contributed by atoms with Crippen molar-refractivity contribution in [2.45, 2.75) is 54.9 Å². The third kappa shape index (κ3) is 4.46. The quantitative estimate of drug-likeness (QED) is 0.599. The highest BCUT2D eigenvalue weighted by molar-refractivity contribution is 5.85. The molecule has 0 heterocycles. The Balaban J connectivity index is 5.26. The fourth-order valence-corrected chi connectivity index (χ4v) is 1.92. The molecular formula is C13H26NO3+. The van der Waals surface area contributed by atoms with Gasteiger partial charge in [0, 0.05) is 0 Å². The van der Waals surface area contributed by atoms with Crippen molar-refractivity contribution in [3.8, 4) is 0 Å². The molecular weight excluding hydrogens is 218 g/mol. The van der Waals surface area contributed by atoms with Gasteiger partial charge >= 0.3 is 12.1 Å². The van der Waals surface area contributed by atoms with Crippen LogP contribution in [-0.2, 0) is 9.53 Å². The number of hydrogen-bond donors (Lipinski definition) is 1. The molecule has 0 aliphatic heterocycles. The van der Waals surface area contributed by atoms with E-state index in [4.69, 9.17) is 4.74 Å². The summed E-state index contributed by atoms with van der Waals surface area (Å²) < 4.78 is 4.70. The van der Waals surface area contributed by atoms with Gasteiger partial charge < -0.3 is 4.74 Å². The largest absolute Gasteiger partial charge is 0.518 e. The summed E-state index contributed by atoms with van der Waals surface area (Å²) in [5.41, 5.74) is 2.07. The topological polar surface area (TPSA) is 71.0 Å². The first kappa shape index (κ1) is 16.1. The van der Waals surface area contributed by atoms with E-state index < -0.39 is 17.5 Å². The summed E-state index contributed by atoms with van der Waals surface area (Å²) in [5.74, 6) is -0.486. The lowest BCUT2D eigenvalue weighted by atomic mass is 9.61. The van der Waals surface area contributed by atoms with Crippen LogP contribution in [0.1, 0.15) is 54.9 Å². The Bertz CT molecular complexity index is 310. The van der Waals surface area contributed by atoms with Crippen LogP contribution < -0.4 is 5.73 Å². The minimum atomic E-state index is -0.792. The van der Waals surface area contributed by atoms with Gasteiger partial charge in [-0.1, -0.05) is 41.5 Å². The molecule has 3 N–H and O–H groups in total. The molecule has 1 amide bonds. The standard InChI is InChI=1S/C13H25NO3/c1-11(2,3)8-13(7,12(4,5)6)9(15)17-10(14)16/h8H2,1-7H3,(H2,14,16)/p+1. The van der Waals surface area contributed by atoms with Crippen molar-refractivity contribution in [1.82, 2.24) is 0 Å². The Labute approximate surface area is 104 Å². The van der Waals surface area contributed by atoms with Crippen LogP contribution in [0.5, 0.6) is 0 Å². The number of carbonyl (C=O) groups excluding carboxylic acids is 2. The first-order valence-corrected chi connectivity index (χ1v) is 5.88. The summed E-state index contributed by atoms with van der Waals surface area (Å²) in [7, 11) is 0. The highest BCUT2D eigenvalue weighted by Crippen LogP contribution is 2.47. The highest BCUT2D eigenvalue weighted by Gasteiger charge is 2.48. The molecule has 4 heteroatoms. The van der Waals surface area contributed by atoms with Gasteiger partial charge in [-0.05, 0) is 24.2 Å². The molecule has 0 aromatic heterocycles. The minimum absolute atomic E-state index is 0.0226. The minimum Gasteiger partial charge on any atom is -0.346 e. The van der Waals surface area contributed by atoms with E-state index in [9.17, 15) is 9.59 Å². The lowest BCUT2D eigenvalue weighted by Crippen LogP contribution is -2.59. The van der Waals surface area contributed by atoms with Crippen LogP contribution in [0.4, 0.5) is 4.79 Å². The summed E-state index contributed by atoms with van der Waals surface area (Å²) in [6.45, 7) is 14.0. The second kappa shape index (κ2) is 4.77. The van der Waals surface area contributed by atoms with E-state index >= 15 is 0 Å². The normalized spacial score (nSPS) is 16.2. The van der Waals surface area contributed by atoms with Gasteiger partial charge in [0.25, 0.3) is 0 Å². The van der Waals surface area contributed by atoms with Gasteiger partial charge in [-0.3, -0.25) is 10.5 Å². The molecule has 4 nitrogen and oxygen atoms in total. The number of quaternary nitrogens is 1. The maximum absolute atomic E-state index is 12.1. The molecule has 0 aliphatic rings. The highest BCUT2D eigenvalue weighted by atomic mass is 16.6. The zero-order valence-electron chi connectivity index (χ0n) is 12.1. The summed E-state index contributed by atoms with van der Waals surface area (Å²) >= 11 is 0. The van der Waals surface area contributed by atoms with Gasteiger partial charge in [0.05, 0.1) is 5.41 Å². The molecule has 1 unspecified atom stereocenters. The first-order valence-electron chi connectivity index (χ1n) is 5.88. The Hall–Kier alpha value is -0.900. The van der Waals surface area contributed by atoms with Crippen molar-refractivity contribution in [2.24, 2.45) is 16.2 Å². The first-order chi connectivity index (χ1) is 7.29. The van der Waals surface area contributed by atoms with Crippen molar-refractivity contribution >= 4 is 12.1 Å². The van der Waals surface area contributed by atoms with Crippen LogP contribution in [0.3, 0.4) is 0 Å². The van der Waals surface area contributed by atoms with Crippen LogP contribution in [0.2, 0.25) is 0 Å². The fraction of sp³-hybridized carbons (Fsp3) is 0.846. The summed E-state index contributed by atoms with van der Waals surface area (Å²) in [6, 6.07) is 0. The predicted octanol–water partition coefficient (Wildman–Crippen LogP) is 2.38. The SMILES string of the molecule is CC(C)(C)CC(C)(C(=O)OC([NH3+])=O)C(C)(C)C. The molecule has 0 rings (SSSR count). The second-order valence-electron chi connectivity index (χ2n) is 7.08. The van der Waals surface area contributed by atoms with Crippen LogP contribution in [-0.4, -0.2) is 12.1 Å². The van der Waals surface area contributed by atoms with Crippen LogP contribution in [0.25, 0.3) is 0 Å². The maximum Gasteiger partial charge on any atom is 0.518 e. The van der Waals surface area contributed by atoms with E-state index in [-0.39, 0.29) is 10.8 Å². The van der Waals surface area contributed by atoms with Gasteiger partial charge in [0.15, 0.2) is 0 Å². The Kier molecular flexibility index (Phi) is 4.51. The van der Waals surface area contributed by atoms with Crippen LogP contribution >= 0.6 is 0 Å². The summed E-state index contributed by atoms with van der Waals surface area (Å²) in [5, 5.41) is 0. The summed E-state index contributed by atoms with van der Waals surface area (Å²) in [6.07, 6.45) is -0.144. The molecule has 1 atom stereocenters. The second-order valence-corrected chi connectivity index (χ2v) is 7.08. The number of amides is 1. The van der Waals surface area contributed by atoms with E-state index in [0.29, 0.717) is 6.42 Å². The van der Waals surface area contributed by atoms with Gasteiger partial charge in [-0.25, -0.2) is 0 Å². The van der Waals surface area contributed by atoms with Crippen LogP contribution in [0.15, 0.2) is 0 Å². The molecule has 0 saturated carbocycles. The zero-order valence-corrected chi connectivity index (χ0v) is 12.1. The molecule has 0 aromatic carbocycles. The van der Waals surface area contributed by atoms with Gasteiger partial charge in [0.2, 0.25) is 0 Å². The molecule has 0 spiro atoms. The van der Waals surface area contributed by atoms with Crippen molar-refractivity contribution in [3.05, 3.63) is 0 Å². The lowest BCUT2D eigenvalue weighted by Gasteiger charge is -2.42. The number of hydrogen-bond acceptors (Lipinski definition) is 3. The van der Waals surface area contributed by atoms with Crippen LogP contribution in [0, 0.1) is 16.2 Å². The smallest absolute Gasteiger partial charge is 0.346 e. The van der Waals surface area contributed by atoms with Gasteiger partial charge in [-0.15, -0.1) is 0 Å². The van der Waals surface area contributed by atoms with E-state index in [2.05, 4.69) is 26.5 Å². The van der Waals surface area contributed by atoms with Gasteiger partial charge in [0.1, 0.15) is 0 Å². The average molecular weight is 244 g/mol. The van der Waals surface area contributed by atoms with Crippen molar-refractivity contribution < 1.29 is 20.1 Å². The molecule has 0 aromatic rings. The molecule has 0 aliphatic carbocycles. The van der Waals surface area contributed by atoms with Crippen molar-refractivity contribution in [3.63, 3.8) is 0 Å². The Morgan fingerprint density at radius 3 is 1.65 bits per heavy atom. The van der Waals surface area contributed by atoms with E-state index in [1.165, 1.54) is 0 Å². The van der Waals surface area contributed by atoms with Crippen molar-refractivity contribution in [2.75, 3.05) is 0 Å². The molecule has 0 fully saturated rings. The number of esters is 1. The fourth-order valence-electron chi connectivity index (χ4n) is 1.92. The summed E-state index contributed by atoms with van der Waals surface area (Å²) in [4.78, 5) is 23.0. The molecule has 0 bridgehead atoms. The molecule has 0 saturated heterocycles. The third-order valence-electron chi connectivity index (χ3n) is 3.20. The molecule has 0 radical (unpaired) electrons. The maximum atomic E-state index is 12.1. The van der Waals surface area contributed by atoms with E-state index in [0.717, 1.165) is 0 Å². The Morgan fingerprint density at radius 2 is 1.41 bits per heavy atom. The van der Waals surface area contributed by atoms with E-state index in [1.54, 1.807) is 0 Å². The Morgan fingerprint density at radius 1 is 1.00 bits per heavy atom. The van der Waals surface area contributed by atoms with Crippen molar-refractivity contribution in [1.29, 1.82) is 0 Å². The molecule has 17 heavy (non-hydrogen) atoms. The molecule has 100 valence electrons. The number of ether oxygens (including phenoxy) is 1. The number of rotatable bonds is 2. The predicted molar refractivity (Wildman–Crippen MR) is 66.0 cm³/mol. The number of carbonyl (C=O) groups is 2. The zero-order chi connectivity index (χ0) is 14.1. The monoisotopic (exact) mass is 244 g/mol. The van der Waals surface area contributed by atoms with E-state index in [1.807, 2.05) is 27.7 Å².